The van der Waals surface area contributed by atoms with Crippen molar-refractivity contribution in [2.24, 2.45) is 7.05 Å². The molecule has 0 radical (unpaired) electrons. The van der Waals surface area contributed by atoms with Crippen LogP contribution >= 0.6 is 22.6 Å². The third-order valence-corrected chi connectivity index (χ3v) is 5.61. The second-order valence-electron chi connectivity index (χ2n) is 5.66. The largest absolute Gasteiger partial charge is 0.505 e. The summed E-state index contributed by atoms with van der Waals surface area (Å²) in [6.07, 6.45) is 2.59. The van der Waals surface area contributed by atoms with Gasteiger partial charge in [0, 0.05) is 10.6 Å². The molecule has 2 rings (SSSR count). The van der Waals surface area contributed by atoms with Gasteiger partial charge in [-0.1, -0.05) is 26.8 Å². The van der Waals surface area contributed by atoms with E-state index in [9.17, 15) is 9.90 Å². The molecular weight excluding hydrogens is 403 g/mol. The standard InChI is InChI=1S/C18H23IN2O2/c1-6-11-9-12(7-2)16(19)13(8-3)14(11)15-17(22)10(4)20-21(5)18(15)23/h9,22H,6-8H2,1-5H3. The van der Waals surface area contributed by atoms with Crippen molar-refractivity contribution < 1.29 is 5.11 Å². The lowest BCUT2D eigenvalue weighted by molar-refractivity contribution is 0.460. The van der Waals surface area contributed by atoms with E-state index < -0.39 is 0 Å². The molecule has 0 bridgehead atoms. The molecule has 0 unspecified atom stereocenters. The molecule has 2 aromatic rings. The minimum absolute atomic E-state index is 0.00227. The number of nitrogens with zero attached hydrogens (tertiary/aromatic N) is 2. The van der Waals surface area contributed by atoms with E-state index in [1.54, 1.807) is 14.0 Å². The number of hydrogen-bond acceptors (Lipinski definition) is 3. The summed E-state index contributed by atoms with van der Waals surface area (Å²) in [7, 11) is 1.63. The van der Waals surface area contributed by atoms with Gasteiger partial charge < -0.3 is 5.11 Å². The second kappa shape index (κ2) is 7.03. The van der Waals surface area contributed by atoms with Crippen LogP contribution in [0.2, 0.25) is 0 Å². The van der Waals surface area contributed by atoms with Gasteiger partial charge in [0.05, 0.1) is 5.56 Å². The van der Waals surface area contributed by atoms with Gasteiger partial charge in [0.1, 0.15) is 5.69 Å². The Morgan fingerprint density at radius 1 is 1.13 bits per heavy atom. The lowest BCUT2D eigenvalue weighted by atomic mass is 9.89. The maximum absolute atomic E-state index is 12.7. The zero-order chi connectivity index (χ0) is 17.3. The predicted octanol–water partition coefficient (Wildman–Crippen LogP) is 3.75. The van der Waals surface area contributed by atoms with Gasteiger partial charge in [-0.25, -0.2) is 4.68 Å². The third-order valence-electron chi connectivity index (χ3n) is 4.27. The molecule has 1 aromatic carbocycles. The highest BCUT2D eigenvalue weighted by molar-refractivity contribution is 14.1. The Balaban J connectivity index is 3.00. The Morgan fingerprint density at radius 2 is 1.74 bits per heavy atom. The fourth-order valence-corrected chi connectivity index (χ4v) is 4.20. The smallest absolute Gasteiger partial charge is 0.278 e. The van der Waals surface area contributed by atoms with Crippen molar-refractivity contribution in [1.82, 2.24) is 9.78 Å². The number of halogens is 1. The number of aromatic nitrogens is 2. The van der Waals surface area contributed by atoms with Gasteiger partial charge in [-0.3, -0.25) is 4.79 Å². The second-order valence-corrected chi connectivity index (χ2v) is 6.74. The molecule has 1 N–H and O–H groups in total. The fourth-order valence-electron chi connectivity index (χ4n) is 3.01. The summed E-state index contributed by atoms with van der Waals surface area (Å²) >= 11 is 2.36. The zero-order valence-corrected chi connectivity index (χ0v) is 16.5. The van der Waals surface area contributed by atoms with Gasteiger partial charge in [-0.2, -0.15) is 5.10 Å². The number of aromatic hydroxyl groups is 1. The Hall–Kier alpha value is -1.37. The molecule has 1 heterocycles. The highest BCUT2D eigenvalue weighted by Gasteiger charge is 2.22. The van der Waals surface area contributed by atoms with Crippen molar-refractivity contribution in [3.63, 3.8) is 0 Å². The van der Waals surface area contributed by atoms with Gasteiger partial charge in [0.15, 0.2) is 5.75 Å². The molecule has 0 aliphatic heterocycles. The van der Waals surface area contributed by atoms with Crippen molar-refractivity contribution in [3.05, 3.63) is 42.4 Å². The van der Waals surface area contributed by atoms with Crippen molar-refractivity contribution in [3.8, 4) is 16.9 Å². The molecule has 0 amide bonds. The fraction of sp³-hybridized carbons (Fsp3) is 0.444. The summed E-state index contributed by atoms with van der Waals surface area (Å²) in [5, 5.41) is 14.6. The monoisotopic (exact) mass is 426 g/mol. The maximum Gasteiger partial charge on any atom is 0.278 e. The molecule has 0 spiro atoms. The first kappa shape index (κ1) is 18.0. The van der Waals surface area contributed by atoms with Crippen LogP contribution in [0.1, 0.15) is 43.2 Å². The predicted molar refractivity (Wildman–Crippen MR) is 102 cm³/mol. The first-order chi connectivity index (χ1) is 10.9. The summed E-state index contributed by atoms with van der Waals surface area (Å²) < 4.78 is 2.50. The molecule has 5 heteroatoms. The van der Waals surface area contributed by atoms with E-state index in [0.29, 0.717) is 11.3 Å². The van der Waals surface area contributed by atoms with Gasteiger partial charge in [-0.05, 0) is 71.0 Å². The Bertz CT molecular complexity index is 810. The van der Waals surface area contributed by atoms with Crippen LogP contribution in [0, 0.1) is 10.5 Å². The summed E-state index contributed by atoms with van der Waals surface area (Å²) in [6, 6.07) is 2.17. The average molecular weight is 426 g/mol. The minimum atomic E-state index is -0.252. The molecule has 0 saturated heterocycles. The normalized spacial score (nSPS) is 11.0. The van der Waals surface area contributed by atoms with Crippen molar-refractivity contribution in [1.29, 1.82) is 0 Å². The van der Waals surface area contributed by atoms with Gasteiger partial charge in [0.2, 0.25) is 0 Å². The lowest BCUT2D eigenvalue weighted by Crippen LogP contribution is -2.23. The van der Waals surface area contributed by atoms with Crippen molar-refractivity contribution >= 4 is 22.6 Å². The maximum atomic E-state index is 12.7. The zero-order valence-electron chi connectivity index (χ0n) is 14.3. The molecular formula is C18H23IN2O2. The van der Waals surface area contributed by atoms with Crippen LogP contribution < -0.4 is 5.56 Å². The third kappa shape index (κ3) is 3.03. The number of hydrogen-bond donors (Lipinski definition) is 1. The molecule has 1 aromatic heterocycles. The van der Waals surface area contributed by atoms with E-state index in [1.165, 1.54) is 13.8 Å². The van der Waals surface area contributed by atoms with Crippen LogP contribution in [0.3, 0.4) is 0 Å². The SMILES string of the molecule is CCc1cc(CC)c(-c2c(O)c(C)nn(C)c2=O)c(CC)c1I. The highest BCUT2D eigenvalue weighted by atomic mass is 127. The van der Waals surface area contributed by atoms with Crippen molar-refractivity contribution in [2.75, 3.05) is 0 Å². The summed E-state index contributed by atoms with van der Waals surface area (Å²) in [4.78, 5) is 12.7. The summed E-state index contributed by atoms with van der Waals surface area (Å²) in [5.74, 6) is -0.00227. The molecule has 0 aliphatic carbocycles. The topological polar surface area (TPSA) is 55.1 Å². The van der Waals surface area contributed by atoms with Crippen LogP contribution in [0.25, 0.3) is 11.1 Å². The Morgan fingerprint density at radius 3 is 2.26 bits per heavy atom. The van der Waals surface area contributed by atoms with E-state index in [4.69, 9.17) is 0 Å². The lowest BCUT2D eigenvalue weighted by Gasteiger charge is -2.19. The average Bonchev–Trinajstić information content (AvgIpc) is 2.53. The van der Waals surface area contributed by atoms with E-state index in [0.717, 1.165) is 36.0 Å². The molecule has 23 heavy (non-hydrogen) atoms. The van der Waals surface area contributed by atoms with Gasteiger partial charge in [-0.15, -0.1) is 0 Å². The van der Waals surface area contributed by atoms with E-state index in [-0.39, 0.29) is 11.3 Å². The minimum Gasteiger partial charge on any atom is -0.505 e. The first-order valence-corrected chi connectivity index (χ1v) is 9.05. The molecule has 124 valence electrons. The van der Waals surface area contributed by atoms with E-state index in [1.807, 2.05) is 0 Å². The van der Waals surface area contributed by atoms with Crippen molar-refractivity contribution in [2.45, 2.75) is 47.0 Å². The highest BCUT2D eigenvalue weighted by Crippen LogP contribution is 2.37. The molecule has 0 aliphatic rings. The van der Waals surface area contributed by atoms with Gasteiger partial charge >= 0.3 is 0 Å². The van der Waals surface area contributed by atoms with Gasteiger partial charge in [0.25, 0.3) is 5.56 Å². The number of aryl methyl sites for hydroxylation is 4. The van der Waals surface area contributed by atoms with Crippen LogP contribution in [-0.2, 0) is 26.3 Å². The Labute approximate surface area is 150 Å². The van der Waals surface area contributed by atoms with E-state index in [2.05, 4.69) is 54.5 Å². The summed E-state index contributed by atoms with van der Waals surface area (Å²) in [6.45, 7) is 8.04. The first-order valence-electron chi connectivity index (χ1n) is 7.97. The van der Waals surface area contributed by atoms with Crippen LogP contribution in [0.5, 0.6) is 5.75 Å². The van der Waals surface area contributed by atoms with Crippen LogP contribution in [0.15, 0.2) is 10.9 Å². The molecule has 4 nitrogen and oxygen atoms in total. The number of rotatable bonds is 4. The molecule has 0 atom stereocenters. The van der Waals surface area contributed by atoms with Crippen LogP contribution in [-0.4, -0.2) is 14.9 Å². The van der Waals surface area contributed by atoms with Crippen LogP contribution in [0.4, 0.5) is 0 Å². The quantitative estimate of drug-likeness (QED) is 0.758. The number of benzene rings is 1. The Kier molecular flexibility index (Phi) is 5.49. The van der Waals surface area contributed by atoms with E-state index >= 15 is 0 Å². The molecule has 0 fully saturated rings. The summed E-state index contributed by atoms with van der Waals surface area (Å²) in [5.41, 5.74) is 5.04. The molecule has 0 saturated carbocycles.